The van der Waals surface area contributed by atoms with E-state index >= 15 is 0 Å². The van der Waals surface area contributed by atoms with Crippen molar-refractivity contribution < 1.29 is 4.79 Å². The zero-order chi connectivity index (χ0) is 12.0. The number of amides is 1. The van der Waals surface area contributed by atoms with Crippen LogP contribution in [0.3, 0.4) is 0 Å². The fourth-order valence-corrected chi connectivity index (χ4v) is 2.65. The Morgan fingerprint density at radius 3 is 2.62 bits per heavy atom. The summed E-state index contributed by atoms with van der Waals surface area (Å²) in [5.74, 6) is 0.962. The van der Waals surface area contributed by atoms with Crippen LogP contribution in [0.1, 0.15) is 51.9 Å². The van der Waals surface area contributed by atoms with Gasteiger partial charge in [0, 0.05) is 19.5 Å². The van der Waals surface area contributed by atoms with Gasteiger partial charge >= 0.3 is 0 Å². The van der Waals surface area contributed by atoms with Crippen molar-refractivity contribution in [3.8, 4) is 0 Å². The van der Waals surface area contributed by atoms with Gasteiger partial charge in [0.15, 0.2) is 0 Å². The molecule has 1 amide bonds. The molecule has 0 aromatic heterocycles. The molecule has 2 unspecified atom stereocenters. The van der Waals surface area contributed by atoms with E-state index in [2.05, 4.69) is 6.92 Å². The number of hydrogen-bond acceptors (Lipinski definition) is 2. The standard InChI is InChI=1S/C13H26N2O/c1-11-7-3-4-8-12(11)15(2)13(16)9-5-6-10-14/h11-12H,3-10,14H2,1-2H3. The zero-order valence-electron chi connectivity index (χ0n) is 10.7. The Balaban J connectivity index is 2.36. The van der Waals surface area contributed by atoms with E-state index < -0.39 is 0 Å². The molecule has 2 N–H and O–H groups in total. The van der Waals surface area contributed by atoms with E-state index in [0.29, 0.717) is 30.8 Å². The van der Waals surface area contributed by atoms with Crippen LogP contribution in [0.15, 0.2) is 0 Å². The summed E-state index contributed by atoms with van der Waals surface area (Å²) in [6, 6.07) is 0.471. The van der Waals surface area contributed by atoms with Crippen LogP contribution in [-0.2, 0) is 4.79 Å². The number of nitrogens with zero attached hydrogens (tertiary/aromatic N) is 1. The highest BCUT2D eigenvalue weighted by molar-refractivity contribution is 5.76. The molecule has 0 heterocycles. The van der Waals surface area contributed by atoms with E-state index in [4.69, 9.17) is 5.73 Å². The third kappa shape index (κ3) is 3.78. The smallest absolute Gasteiger partial charge is 0.222 e. The maximum atomic E-state index is 11.9. The third-order valence-corrected chi connectivity index (χ3v) is 3.80. The summed E-state index contributed by atoms with van der Waals surface area (Å²) in [6.07, 6.45) is 7.60. The summed E-state index contributed by atoms with van der Waals surface area (Å²) >= 11 is 0. The Bertz CT molecular complexity index is 218. The van der Waals surface area contributed by atoms with Gasteiger partial charge in [-0.1, -0.05) is 19.8 Å². The predicted molar refractivity (Wildman–Crippen MR) is 67.1 cm³/mol. The summed E-state index contributed by atoms with van der Waals surface area (Å²) in [5, 5.41) is 0. The fourth-order valence-electron chi connectivity index (χ4n) is 2.65. The van der Waals surface area contributed by atoms with Gasteiger partial charge in [-0.25, -0.2) is 0 Å². The highest BCUT2D eigenvalue weighted by Gasteiger charge is 2.27. The molecule has 1 rings (SSSR count). The molecule has 3 nitrogen and oxygen atoms in total. The second-order valence-electron chi connectivity index (χ2n) is 5.08. The molecule has 16 heavy (non-hydrogen) atoms. The molecule has 1 fully saturated rings. The highest BCUT2D eigenvalue weighted by atomic mass is 16.2. The van der Waals surface area contributed by atoms with Gasteiger partial charge in [-0.05, 0) is 38.1 Å². The van der Waals surface area contributed by atoms with Crippen molar-refractivity contribution in [1.82, 2.24) is 4.90 Å². The van der Waals surface area contributed by atoms with Crippen LogP contribution in [0.2, 0.25) is 0 Å². The molecule has 0 saturated heterocycles. The monoisotopic (exact) mass is 226 g/mol. The van der Waals surface area contributed by atoms with Crippen molar-refractivity contribution in [3.63, 3.8) is 0 Å². The minimum atomic E-state index is 0.298. The second kappa shape index (κ2) is 6.89. The van der Waals surface area contributed by atoms with E-state index in [-0.39, 0.29) is 0 Å². The highest BCUT2D eigenvalue weighted by Crippen LogP contribution is 2.27. The Labute approximate surface area is 99.4 Å². The minimum Gasteiger partial charge on any atom is -0.343 e. The van der Waals surface area contributed by atoms with Crippen molar-refractivity contribution in [2.45, 2.75) is 57.9 Å². The first-order valence-electron chi connectivity index (χ1n) is 6.62. The zero-order valence-corrected chi connectivity index (χ0v) is 10.7. The molecule has 0 aromatic rings. The number of hydrogen-bond donors (Lipinski definition) is 1. The molecule has 0 spiro atoms. The average Bonchev–Trinajstić information content (AvgIpc) is 2.29. The van der Waals surface area contributed by atoms with Gasteiger partial charge in [0.25, 0.3) is 0 Å². The lowest BCUT2D eigenvalue weighted by molar-refractivity contribution is -0.133. The first-order chi connectivity index (χ1) is 7.66. The second-order valence-corrected chi connectivity index (χ2v) is 5.08. The summed E-state index contributed by atoms with van der Waals surface area (Å²) in [4.78, 5) is 13.9. The van der Waals surface area contributed by atoms with E-state index in [1.54, 1.807) is 0 Å². The molecule has 0 aromatic carbocycles. The van der Waals surface area contributed by atoms with Crippen LogP contribution >= 0.6 is 0 Å². The third-order valence-electron chi connectivity index (χ3n) is 3.80. The molecule has 0 aliphatic heterocycles. The fraction of sp³-hybridized carbons (Fsp3) is 0.923. The van der Waals surface area contributed by atoms with Gasteiger partial charge in [0.05, 0.1) is 0 Å². The Hall–Kier alpha value is -0.570. The molecule has 2 atom stereocenters. The first-order valence-corrected chi connectivity index (χ1v) is 6.62. The maximum Gasteiger partial charge on any atom is 0.222 e. The Morgan fingerprint density at radius 1 is 1.31 bits per heavy atom. The number of nitrogens with two attached hydrogens (primary N) is 1. The van der Waals surface area contributed by atoms with Crippen molar-refractivity contribution in [2.75, 3.05) is 13.6 Å². The number of unbranched alkanes of at least 4 members (excludes halogenated alkanes) is 1. The SMILES string of the molecule is CC1CCCCC1N(C)C(=O)CCCCN. The molecule has 0 radical (unpaired) electrons. The normalized spacial score (nSPS) is 25.4. The van der Waals surface area contributed by atoms with Crippen molar-refractivity contribution in [1.29, 1.82) is 0 Å². The van der Waals surface area contributed by atoms with Gasteiger partial charge in [-0.3, -0.25) is 4.79 Å². The van der Waals surface area contributed by atoms with Crippen LogP contribution in [0.4, 0.5) is 0 Å². The molecule has 94 valence electrons. The first kappa shape index (κ1) is 13.5. The van der Waals surface area contributed by atoms with Crippen LogP contribution in [0, 0.1) is 5.92 Å². The molecular formula is C13H26N2O. The quantitative estimate of drug-likeness (QED) is 0.730. The van der Waals surface area contributed by atoms with Crippen LogP contribution in [-0.4, -0.2) is 30.4 Å². The summed E-state index contributed by atoms with van der Waals surface area (Å²) in [5.41, 5.74) is 5.43. The molecule has 1 aliphatic rings. The number of carbonyl (C=O) groups is 1. The number of carbonyl (C=O) groups excluding carboxylic acids is 1. The lowest BCUT2D eigenvalue weighted by Gasteiger charge is -2.36. The van der Waals surface area contributed by atoms with Crippen molar-refractivity contribution in [3.05, 3.63) is 0 Å². The van der Waals surface area contributed by atoms with Gasteiger partial charge < -0.3 is 10.6 Å². The Kier molecular flexibility index (Phi) is 5.81. The van der Waals surface area contributed by atoms with Gasteiger partial charge in [0.2, 0.25) is 5.91 Å². The summed E-state index contributed by atoms with van der Waals surface area (Å²) in [6.45, 7) is 2.96. The maximum absolute atomic E-state index is 11.9. The van der Waals surface area contributed by atoms with E-state index in [1.165, 1.54) is 25.7 Å². The molecular weight excluding hydrogens is 200 g/mol. The van der Waals surface area contributed by atoms with Crippen LogP contribution < -0.4 is 5.73 Å². The molecule has 0 bridgehead atoms. The van der Waals surface area contributed by atoms with Gasteiger partial charge in [0.1, 0.15) is 0 Å². The lowest BCUT2D eigenvalue weighted by Crippen LogP contribution is -2.42. The van der Waals surface area contributed by atoms with E-state index in [1.807, 2.05) is 11.9 Å². The minimum absolute atomic E-state index is 0.298. The largest absolute Gasteiger partial charge is 0.343 e. The molecule has 1 aliphatic carbocycles. The summed E-state index contributed by atoms with van der Waals surface area (Å²) in [7, 11) is 1.97. The summed E-state index contributed by atoms with van der Waals surface area (Å²) < 4.78 is 0. The van der Waals surface area contributed by atoms with Crippen LogP contribution in [0.5, 0.6) is 0 Å². The van der Waals surface area contributed by atoms with Crippen LogP contribution in [0.25, 0.3) is 0 Å². The van der Waals surface area contributed by atoms with Crippen molar-refractivity contribution in [2.24, 2.45) is 11.7 Å². The average molecular weight is 226 g/mol. The van der Waals surface area contributed by atoms with E-state index in [0.717, 1.165) is 12.8 Å². The van der Waals surface area contributed by atoms with Gasteiger partial charge in [-0.2, -0.15) is 0 Å². The van der Waals surface area contributed by atoms with Crippen molar-refractivity contribution >= 4 is 5.91 Å². The molecule has 3 heteroatoms. The van der Waals surface area contributed by atoms with E-state index in [9.17, 15) is 4.79 Å². The number of rotatable bonds is 5. The molecule has 1 saturated carbocycles. The lowest BCUT2D eigenvalue weighted by atomic mass is 9.85. The predicted octanol–water partition coefficient (Wildman–Crippen LogP) is 2.15. The Morgan fingerprint density at radius 2 is 2.00 bits per heavy atom. The topological polar surface area (TPSA) is 46.3 Å². The van der Waals surface area contributed by atoms with Gasteiger partial charge in [-0.15, -0.1) is 0 Å².